The summed E-state index contributed by atoms with van der Waals surface area (Å²) >= 11 is 5.15. The summed E-state index contributed by atoms with van der Waals surface area (Å²) < 4.78 is 31.5. The zero-order chi connectivity index (χ0) is 16.1. The van der Waals surface area contributed by atoms with Crippen LogP contribution in [0.15, 0.2) is 42.5 Å². The van der Waals surface area contributed by atoms with E-state index in [-0.39, 0.29) is 16.8 Å². The van der Waals surface area contributed by atoms with Gasteiger partial charge in [-0.15, -0.1) is 0 Å². The Balaban J connectivity index is 1.98. The molecule has 2 rings (SSSR count). The van der Waals surface area contributed by atoms with E-state index < -0.39 is 11.6 Å². The highest BCUT2D eigenvalue weighted by atomic mass is 32.1. The fourth-order valence-corrected chi connectivity index (χ4v) is 2.21. The van der Waals surface area contributed by atoms with Gasteiger partial charge >= 0.3 is 0 Å². The van der Waals surface area contributed by atoms with Crippen LogP contribution in [0, 0.1) is 11.6 Å². The molecule has 1 atom stereocenters. The second kappa shape index (κ2) is 7.17. The van der Waals surface area contributed by atoms with Gasteiger partial charge in [0, 0.05) is 6.07 Å². The molecule has 0 saturated carbocycles. The topological polar surface area (TPSA) is 33.3 Å². The molecule has 0 aliphatic heterocycles. The Kier molecular flexibility index (Phi) is 5.27. The monoisotopic (exact) mass is 322 g/mol. The number of anilines is 1. The molecule has 6 heteroatoms. The van der Waals surface area contributed by atoms with Gasteiger partial charge in [-0.05, 0) is 49.0 Å². The number of ether oxygens (including phenoxy) is 1. The number of thiocarbonyl (C=S) groups is 1. The maximum absolute atomic E-state index is 13.6. The molecule has 0 bridgehead atoms. The van der Waals surface area contributed by atoms with Crippen LogP contribution >= 0.6 is 12.2 Å². The molecule has 0 spiro atoms. The van der Waals surface area contributed by atoms with Crippen LogP contribution in [0.3, 0.4) is 0 Å². The summed E-state index contributed by atoms with van der Waals surface area (Å²) in [4.78, 5) is 0. The minimum atomic E-state index is -0.693. The lowest BCUT2D eigenvalue weighted by molar-refractivity contribution is 0.414. The molecule has 0 saturated heterocycles. The van der Waals surface area contributed by atoms with Gasteiger partial charge in [0.25, 0.3) is 0 Å². The molecule has 116 valence electrons. The van der Waals surface area contributed by atoms with Crippen LogP contribution in [0.25, 0.3) is 0 Å². The zero-order valence-corrected chi connectivity index (χ0v) is 13.0. The SMILES string of the molecule is COc1ccc([C@@H](C)NC(=S)Nc2ccc(F)cc2F)cc1. The van der Waals surface area contributed by atoms with Gasteiger partial charge in [-0.25, -0.2) is 8.78 Å². The van der Waals surface area contributed by atoms with Crippen molar-refractivity contribution < 1.29 is 13.5 Å². The normalized spacial score (nSPS) is 11.6. The third-order valence-electron chi connectivity index (χ3n) is 3.14. The van der Waals surface area contributed by atoms with Gasteiger partial charge in [0.2, 0.25) is 0 Å². The Morgan fingerprint density at radius 2 is 1.82 bits per heavy atom. The van der Waals surface area contributed by atoms with Gasteiger partial charge in [0.05, 0.1) is 18.8 Å². The quantitative estimate of drug-likeness (QED) is 0.833. The summed E-state index contributed by atoms with van der Waals surface area (Å²) in [6.07, 6.45) is 0. The molecule has 3 nitrogen and oxygen atoms in total. The van der Waals surface area contributed by atoms with E-state index in [4.69, 9.17) is 17.0 Å². The Hall–Kier alpha value is -2.21. The summed E-state index contributed by atoms with van der Waals surface area (Å²) in [6, 6.07) is 10.7. The van der Waals surface area contributed by atoms with Crippen molar-refractivity contribution >= 4 is 23.0 Å². The van der Waals surface area contributed by atoms with Gasteiger partial charge in [-0.3, -0.25) is 0 Å². The van der Waals surface area contributed by atoms with E-state index in [1.165, 1.54) is 12.1 Å². The van der Waals surface area contributed by atoms with E-state index >= 15 is 0 Å². The van der Waals surface area contributed by atoms with Crippen LogP contribution in [0.4, 0.5) is 14.5 Å². The van der Waals surface area contributed by atoms with Crippen LogP contribution in [0.1, 0.15) is 18.5 Å². The lowest BCUT2D eigenvalue weighted by atomic mass is 10.1. The van der Waals surface area contributed by atoms with Crippen molar-refractivity contribution in [3.05, 3.63) is 59.7 Å². The summed E-state index contributed by atoms with van der Waals surface area (Å²) in [5.74, 6) is -0.556. The van der Waals surface area contributed by atoms with Crippen LogP contribution in [0.2, 0.25) is 0 Å². The summed E-state index contributed by atoms with van der Waals surface area (Å²) in [5.41, 5.74) is 1.13. The van der Waals surface area contributed by atoms with Gasteiger partial charge < -0.3 is 15.4 Å². The van der Waals surface area contributed by atoms with Gasteiger partial charge in [0.1, 0.15) is 17.4 Å². The lowest BCUT2D eigenvalue weighted by Crippen LogP contribution is -2.31. The molecule has 22 heavy (non-hydrogen) atoms. The minimum Gasteiger partial charge on any atom is -0.497 e. The fraction of sp³-hybridized carbons (Fsp3) is 0.188. The molecule has 0 fully saturated rings. The number of rotatable bonds is 4. The summed E-state index contributed by atoms with van der Waals surface area (Å²) in [5, 5.41) is 6.02. The molecule has 0 unspecified atom stereocenters. The third-order valence-corrected chi connectivity index (χ3v) is 3.36. The van der Waals surface area contributed by atoms with Crippen molar-refractivity contribution in [3.63, 3.8) is 0 Å². The van der Waals surface area contributed by atoms with Crippen LogP contribution in [-0.2, 0) is 0 Å². The lowest BCUT2D eigenvalue weighted by Gasteiger charge is -2.18. The molecule has 0 aliphatic rings. The second-order valence-corrected chi connectivity index (χ2v) is 5.13. The summed E-state index contributed by atoms with van der Waals surface area (Å²) in [6.45, 7) is 1.93. The van der Waals surface area contributed by atoms with Crippen LogP contribution in [0.5, 0.6) is 5.75 Å². The Morgan fingerprint density at radius 3 is 2.41 bits per heavy atom. The second-order valence-electron chi connectivity index (χ2n) is 4.72. The highest BCUT2D eigenvalue weighted by Gasteiger charge is 2.09. The van der Waals surface area contributed by atoms with E-state index in [0.717, 1.165) is 17.4 Å². The summed E-state index contributed by atoms with van der Waals surface area (Å²) in [7, 11) is 1.60. The van der Waals surface area contributed by atoms with Crippen molar-refractivity contribution in [2.24, 2.45) is 0 Å². The molecule has 0 aromatic heterocycles. The molecule has 2 N–H and O–H groups in total. The highest BCUT2D eigenvalue weighted by Crippen LogP contribution is 2.18. The molecule has 0 aliphatic carbocycles. The molecule has 0 radical (unpaired) electrons. The van der Waals surface area contributed by atoms with E-state index in [0.29, 0.717) is 0 Å². The van der Waals surface area contributed by atoms with Gasteiger partial charge in [-0.2, -0.15) is 0 Å². The van der Waals surface area contributed by atoms with Crippen molar-refractivity contribution in [2.75, 3.05) is 12.4 Å². The van der Waals surface area contributed by atoms with E-state index in [1.807, 2.05) is 31.2 Å². The van der Waals surface area contributed by atoms with Crippen LogP contribution in [-0.4, -0.2) is 12.2 Å². The van der Waals surface area contributed by atoms with Crippen LogP contribution < -0.4 is 15.4 Å². The first kappa shape index (κ1) is 16.2. The number of halogens is 2. The molecular weight excluding hydrogens is 306 g/mol. The standard InChI is InChI=1S/C16H16F2N2OS/c1-10(11-3-6-13(21-2)7-4-11)19-16(22)20-15-8-5-12(17)9-14(15)18/h3-10H,1-2H3,(H2,19,20,22)/t10-/m1/s1. The first-order valence-corrected chi connectivity index (χ1v) is 7.07. The average Bonchev–Trinajstić information content (AvgIpc) is 2.50. The maximum Gasteiger partial charge on any atom is 0.171 e. The van der Waals surface area contributed by atoms with Crippen molar-refractivity contribution in [2.45, 2.75) is 13.0 Å². The third kappa shape index (κ3) is 4.14. The predicted octanol–water partition coefficient (Wildman–Crippen LogP) is 4.02. The molecule has 0 amide bonds. The number of hydrogen-bond acceptors (Lipinski definition) is 2. The van der Waals surface area contributed by atoms with Gasteiger partial charge in [0.15, 0.2) is 5.11 Å². The highest BCUT2D eigenvalue weighted by molar-refractivity contribution is 7.80. The Labute approximate surface area is 133 Å². The largest absolute Gasteiger partial charge is 0.497 e. The molecule has 2 aromatic rings. The first-order chi connectivity index (χ1) is 10.5. The van der Waals surface area contributed by atoms with Crippen molar-refractivity contribution in [1.29, 1.82) is 0 Å². The van der Waals surface area contributed by atoms with Crippen molar-refractivity contribution in [3.8, 4) is 5.75 Å². The predicted molar refractivity (Wildman–Crippen MR) is 87.1 cm³/mol. The van der Waals surface area contributed by atoms with Gasteiger partial charge in [-0.1, -0.05) is 12.1 Å². The molecule has 2 aromatic carbocycles. The fourth-order valence-electron chi connectivity index (χ4n) is 1.92. The maximum atomic E-state index is 13.6. The van der Waals surface area contributed by atoms with E-state index in [2.05, 4.69) is 10.6 Å². The Bertz CT molecular complexity index is 662. The van der Waals surface area contributed by atoms with E-state index in [1.54, 1.807) is 7.11 Å². The zero-order valence-electron chi connectivity index (χ0n) is 12.2. The number of benzene rings is 2. The smallest absolute Gasteiger partial charge is 0.171 e. The van der Waals surface area contributed by atoms with Crippen molar-refractivity contribution in [1.82, 2.24) is 5.32 Å². The molecular formula is C16H16F2N2OS. The average molecular weight is 322 g/mol. The number of nitrogens with one attached hydrogen (secondary N) is 2. The van der Waals surface area contributed by atoms with E-state index in [9.17, 15) is 8.78 Å². The minimum absolute atomic E-state index is 0.0746. The first-order valence-electron chi connectivity index (χ1n) is 6.66. The molecule has 0 heterocycles. The number of hydrogen-bond donors (Lipinski definition) is 2. The Morgan fingerprint density at radius 1 is 1.14 bits per heavy atom. The number of methoxy groups -OCH3 is 1.